The molecular formula is C12H15N2O5S-. The molecule has 1 aliphatic heterocycles. The lowest BCUT2D eigenvalue weighted by atomic mass is 9.99. The van der Waals surface area contributed by atoms with Gasteiger partial charge >= 0.3 is 5.97 Å². The Morgan fingerprint density at radius 1 is 1.30 bits per heavy atom. The number of nitrogens with one attached hydrogen (secondary N) is 1. The Labute approximate surface area is 116 Å². The van der Waals surface area contributed by atoms with Gasteiger partial charge in [-0.15, -0.1) is 0 Å². The van der Waals surface area contributed by atoms with E-state index in [-0.39, 0.29) is 36.5 Å². The van der Waals surface area contributed by atoms with E-state index in [0.29, 0.717) is 0 Å². The summed E-state index contributed by atoms with van der Waals surface area (Å²) in [4.78, 5) is 10.8. The number of aliphatic carboxylic acids is 1. The first-order valence-electron chi connectivity index (χ1n) is 6.17. The molecule has 0 saturated carbocycles. The predicted octanol–water partition coefficient (Wildman–Crippen LogP) is 1.08. The molecule has 2 N–H and O–H groups in total. The van der Waals surface area contributed by atoms with Crippen molar-refractivity contribution in [3.8, 4) is 0 Å². The molecule has 20 heavy (non-hydrogen) atoms. The van der Waals surface area contributed by atoms with Gasteiger partial charge in [-0.2, -0.15) is 4.31 Å². The van der Waals surface area contributed by atoms with Crippen molar-refractivity contribution in [3.05, 3.63) is 29.5 Å². The van der Waals surface area contributed by atoms with Gasteiger partial charge in [0, 0.05) is 18.8 Å². The normalized spacial score (nSPS) is 17.9. The van der Waals surface area contributed by atoms with Gasteiger partial charge in [0.05, 0.1) is 5.92 Å². The van der Waals surface area contributed by atoms with E-state index in [1.807, 2.05) is 0 Å². The maximum atomic E-state index is 12.4. The van der Waals surface area contributed by atoms with Gasteiger partial charge in [-0.25, -0.2) is 8.42 Å². The fraction of sp³-hybridized carbons (Fsp3) is 0.417. The number of sulfonamides is 1. The maximum absolute atomic E-state index is 12.4. The molecule has 1 heterocycles. The lowest BCUT2D eigenvalue weighted by Gasteiger charge is -2.30. The molecule has 0 atom stereocenters. The van der Waals surface area contributed by atoms with Crippen LogP contribution in [0.2, 0.25) is 0 Å². The highest BCUT2D eigenvalue weighted by atomic mass is 32.2. The predicted molar refractivity (Wildman–Crippen MR) is 72.6 cm³/mol. The zero-order valence-corrected chi connectivity index (χ0v) is 11.5. The van der Waals surface area contributed by atoms with Gasteiger partial charge in [0.25, 0.3) is 0 Å². The highest BCUT2D eigenvalue weighted by Crippen LogP contribution is 2.28. The quantitative estimate of drug-likeness (QED) is 0.805. The van der Waals surface area contributed by atoms with Gasteiger partial charge in [0.2, 0.25) is 10.0 Å². The van der Waals surface area contributed by atoms with Crippen molar-refractivity contribution in [2.75, 3.05) is 18.6 Å². The summed E-state index contributed by atoms with van der Waals surface area (Å²) >= 11 is 0. The first-order valence-corrected chi connectivity index (χ1v) is 7.61. The van der Waals surface area contributed by atoms with Crippen LogP contribution in [0.5, 0.6) is 0 Å². The Kier molecular flexibility index (Phi) is 4.26. The maximum Gasteiger partial charge on any atom is 0.306 e. The van der Waals surface area contributed by atoms with Gasteiger partial charge < -0.3 is 15.8 Å². The fourth-order valence-electron chi connectivity index (χ4n) is 2.26. The van der Waals surface area contributed by atoms with Crippen LogP contribution in [0.25, 0.3) is 0 Å². The van der Waals surface area contributed by atoms with Gasteiger partial charge in [0.15, 0.2) is 0 Å². The average molecular weight is 299 g/mol. The van der Waals surface area contributed by atoms with E-state index in [2.05, 4.69) is 0 Å². The fourth-order valence-corrected chi connectivity index (χ4v) is 3.87. The standard InChI is InChI=1S/C12H15N2O5S/c15-12(16)9-5-7-14(8-6-9)20(18,19)11-4-2-1-3-10(11)13-17/h1-4,9,13H,5-8H2,(H,15,16)/q-1. The summed E-state index contributed by atoms with van der Waals surface area (Å²) in [5.41, 5.74) is 1.61. The molecule has 1 aliphatic rings. The molecule has 110 valence electrons. The van der Waals surface area contributed by atoms with Crippen LogP contribution in [0.15, 0.2) is 29.2 Å². The molecule has 0 radical (unpaired) electrons. The van der Waals surface area contributed by atoms with E-state index >= 15 is 0 Å². The Morgan fingerprint density at radius 3 is 2.45 bits per heavy atom. The molecule has 0 aromatic heterocycles. The minimum Gasteiger partial charge on any atom is -0.761 e. The van der Waals surface area contributed by atoms with Crippen LogP contribution in [0.3, 0.4) is 0 Å². The summed E-state index contributed by atoms with van der Waals surface area (Å²) in [7, 11) is -3.78. The van der Waals surface area contributed by atoms with E-state index in [0.717, 1.165) is 0 Å². The van der Waals surface area contributed by atoms with E-state index in [4.69, 9.17) is 5.11 Å². The number of anilines is 1. The van der Waals surface area contributed by atoms with Gasteiger partial charge in [-0.05, 0) is 25.0 Å². The number of para-hydroxylation sites is 1. The molecule has 1 fully saturated rings. The largest absolute Gasteiger partial charge is 0.761 e. The van der Waals surface area contributed by atoms with Crippen molar-refractivity contribution in [1.82, 2.24) is 4.31 Å². The van der Waals surface area contributed by atoms with Crippen LogP contribution >= 0.6 is 0 Å². The molecule has 7 nitrogen and oxygen atoms in total. The van der Waals surface area contributed by atoms with Crippen LogP contribution in [-0.2, 0) is 14.8 Å². The number of hydrogen-bond donors (Lipinski definition) is 2. The minimum atomic E-state index is -3.78. The zero-order chi connectivity index (χ0) is 14.8. The molecule has 1 aromatic carbocycles. The number of hydrogen-bond acceptors (Lipinski definition) is 5. The van der Waals surface area contributed by atoms with Gasteiger partial charge in [-0.3, -0.25) is 4.79 Å². The van der Waals surface area contributed by atoms with Crippen molar-refractivity contribution >= 4 is 21.7 Å². The molecule has 8 heteroatoms. The Bertz CT molecular complexity index is 594. The van der Waals surface area contributed by atoms with Crippen LogP contribution in [0.4, 0.5) is 5.69 Å². The van der Waals surface area contributed by atoms with E-state index in [9.17, 15) is 18.4 Å². The molecule has 1 saturated heterocycles. The molecular weight excluding hydrogens is 284 g/mol. The number of carboxylic acids is 1. The summed E-state index contributed by atoms with van der Waals surface area (Å²) in [6, 6.07) is 5.86. The molecule has 2 rings (SSSR count). The van der Waals surface area contributed by atoms with E-state index < -0.39 is 21.9 Å². The molecule has 0 bridgehead atoms. The summed E-state index contributed by atoms with van der Waals surface area (Å²) in [6.45, 7) is 0.291. The number of rotatable bonds is 4. The lowest BCUT2D eigenvalue weighted by Crippen LogP contribution is -2.40. The highest BCUT2D eigenvalue weighted by molar-refractivity contribution is 7.89. The number of benzene rings is 1. The van der Waals surface area contributed by atoms with Crippen LogP contribution in [-0.4, -0.2) is 36.9 Å². The number of nitrogens with zero attached hydrogens (tertiary/aromatic N) is 1. The Morgan fingerprint density at radius 2 is 1.90 bits per heavy atom. The first kappa shape index (κ1) is 14.8. The second-order valence-electron chi connectivity index (χ2n) is 4.61. The number of piperidine rings is 1. The van der Waals surface area contributed by atoms with Crippen LogP contribution < -0.4 is 5.48 Å². The summed E-state index contributed by atoms with van der Waals surface area (Å²) in [6.07, 6.45) is 0.559. The summed E-state index contributed by atoms with van der Waals surface area (Å²) < 4.78 is 26.1. The topological polar surface area (TPSA) is 110 Å². The van der Waals surface area contributed by atoms with E-state index in [1.165, 1.54) is 22.5 Å². The molecule has 1 aromatic rings. The van der Waals surface area contributed by atoms with Crippen LogP contribution in [0.1, 0.15) is 12.8 Å². The second kappa shape index (κ2) is 5.78. The van der Waals surface area contributed by atoms with Crippen molar-refractivity contribution in [3.63, 3.8) is 0 Å². The second-order valence-corrected chi connectivity index (χ2v) is 6.52. The van der Waals surface area contributed by atoms with Crippen molar-refractivity contribution in [1.29, 1.82) is 0 Å². The minimum absolute atomic E-state index is 0.00661. The van der Waals surface area contributed by atoms with Gasteiger partial charge in [-0.1, -0.05) is 12.1 Å². The number of carboxylic acid groups (broad SMARTS) is 1. The smallest absolute Gasteiger partial charge is 0.306 e. The lowest BCUT2D eigenvalue weighted by molar-refractivity contribution is -0.142. The Hall–Kier alpha value is -1.64. The third-order valence-corrected chi connectivity index (χ3v) is 5.37. The highest BCUT2D eigenvalue weighted by Gasteiger charge is 2.32. The van der Waals surface area contributed by atoms with E-state index in [1.54, 1.807) is 11.5 Å². The third-order valence-electron chi connectivity index (χ3n) is 3.42. The van der Waals surface area contributed by atoms with Crippen molar-refractivity contribution in [2.24, 2.45) is 5.92 Å². The third kappa shape index (κ3) is 2.77. The molecule has 0 aliphatic carbocycles. The SMILES string of the molecule is O=C(O)C1CCN(S(=O)(=O)c2ccccc2N[O-])CC1. The monoisotopic (exact) mass is 299 g/mol. The zero-order valence-electron chi connectivity index (χ0n) is 10.7. The molecule has 0 unspecified atom stereocenters. The Balaban J connectivity index is 2.22. The van der Waals surface area contributed by atoms with Crippen molar-refractivity contribution in [2.45, 2.75) is 17.7 Å². The summed E-state index contributed by atoms with van der Waals surface area (Å²) in [5.74, 6) is -1.40. The average Bonchev–Trinajstić information content (AvgIpc) is 2.47. The first-order chi connectivity index (χ1) is 9.46. The van der Waals surface area contributed by atoms with Crippen LogP contribution in [0, 0.1) is 11.1 Å². The molecule has 0 amide bonds. The summed E-state index contributed by atoms with van der Waals surface area (Å²) in [5, 5.41) is 19.7. The molecule has 0 spiro atoms. The number of carbonyl (C=O) groups is 1. The van der Waals surface area contributed by atoms with Gasteiger partial charge in [0.1, 0.15) is 4.90 Å². The van der Waals surface area contributed by atoms with Crippen molar-refractivity contribution < 1.29 is 18.3 Å².